The highest BCUT2D eigenvalue weighted by atomic mass is 19.4. The lowest BCUT2D eigenvalue weighted by atomic mass is 10.1. The third-order valence-corrected chi connectivity index (χ3v) is 3.64. The van der Waals surface area contributed by atoms with Crippen molar-refractivity contribution in [3.8, 4) is 5.75 Å². The number of ketones is 1. The van der Waals surface area contributed by atoms with Gasteiger partial charge in [-0.2, -0.15) is 0 Å². The van der Waals surface area contributed by atoms with E-state index < -0.39 is 18.3 Å². The maximum atomic E-state index is 12.5. The van der Waals surface area contributed by atoms with Crippen molar-refractivity contribution >= 4 is 11.7 Å². The molecule has 27 heavy (non-hydrogen) atoms. The molecule has 2 rings (SSSR count). The number of rotatable bonds is 6. The summed E-state index contributed by atoms with van der Waals surface area (Å²) in [6.07, 6.45) is -4.67. The van der Waals surface area contributed by atoms with Crippen LogP contribution in [0.5, 0.6) is 5.75 Å². The number of nitrogens with zero attached hydrogens (tertiary/aromatic N) is 1. The maximum Gasteiger partial charge on any atom is 0.573 e. The number of halogens is 3. The van der Waals surface area contributed by atoms with E-state index in [-0.39, 0.29) is 18.0 Å². The molecule has 0 radical (unpaired) electrons. The number of pyridine rings is 1. The number of Topliss-reactive ketones (excluding diaryl/α,β-unsaturated/α-hetero) is 1. The minimum absolute atomic E-state index is 0.0747. The Morgan fingerprint density at radius 3 is 2.56 bits per heavy atom. The van der Waals surface area contributed by atoms with Gasteiger partial charge in [-0.05, 0) is 50.6 Å². The van der Waals surface area contributed by atoms with E-state index in [1.165, 1.54) is 31.2 Å². The fraction of sp³-hybridized carbons (Fsp3) is 0.316. The van der Waals surface area contributed by atoms with Gasteiger partial charge in [-0.1, -0.05) is 12.1 Å². The molecule has 1 aromatic carbocycles. The van der Waals surface area contributed by atoms with Crippen molar-refractivity contribution < 1.29 is 27.5 Å². The predicted molar refractivity (Wildman–Crippen MR) is 92.4 cm³/mol. The van der Waals surface area contributed by atoms with Crippen molar-refractivity contribution in [2.45, 2.75) is 39.6 Å². The summed E-state index contributed by atoms with van der Waals surface area (Å²) in [5, 5.41) is 2.72. The normalized spacial score (nSPS) is 12.4. The van der Waals surface area contributed by atoms with Crippen LogP contribution in [0.2, 0.25) is 0 Å². The number of aromatic nitrogens is 1. The minimum Gasteiger partial charge on any atom is -0.406 e. The molecule has 1 amide bonds. The van der Waals surface area contributed by atoms with Crippen molar-refractivity contribution in [3.63, 3.8) is 0 Å². The van der Waals surface area contributed by atoms with Crippen LogP contribution in [0.3, 0.4) is 0 Å². The number of ether oxygens (including phenoxy) is 1. The van der Waals surface area contributed by atoms with Crippen molar-refractivity contribution in [2.75, 3.05) is 0 Å². The molecule has 8 heteroatoms. The van der Waals surface area contributed by atoms with E-state index in [2.05, 4.69) is 15.0 Å². The SMILES string of the molecule is CC(=O)Cc1cc(C(=O)NC(C)c2cccc(OC(F)(F)F)c2)cc(C)n1. The third-order valence-electron chi connectivity index (χ3n) is 3.64. The summed E-state index contributed by atoms with van der Waals surface area (Å²) in [5.74, 6) is -0.848. The van der Waals surface area contributed by atoms with Gasteiger partial charge in [-0.3, -0.25) is 14.6 Å². The lowest BCUT2D eigenvalue weighted by Crippen LogP contribution is -2.27. The molecule has 1 heterocycles. The number of nitrogens with one attached hydrogen (secondary N) is 1. The second-order valence-corrected chi connectivity index (χ2v) is 6.18. The molecule has 0 saturated carbocycles. The topological polar surface area (TPSA) is 68.3 Å². The van der Waals surface area contributed by atoms with Crippen molar-refractivity contribution in [2.24, 2.45) is 0 Å². The van der Waals surface area contributed by atoms with Crippen molar-refractivity contribution in [3.05, 3.63) is 58.9 Å². The molecule has 1 atom stereocenters. The Bertz CT molecular complexity index is 850. The molecule has 0 aliphatic heterocycles. The van der Waals surface area contributed by atoms with Gasteiger partial charge in [0.2, 0.25) is 0 Å². The molecule has 144 valence electrons. The number of aryl methyl sites for hydroxylation is 1. The standard InChI is InChI=1S/C19H19F3N2O3/c1-11-7-15(9-16(23-11)8-12(2)25)18(26)24-13(3)14-5-4-6-17(10-14)27-19(20,21)22/h4-7,9-10,13H,8H2,1-3H3,(H,24,26). The zero-order chi connectivity index (χ0) is 20.2. The quantitative estimate of drug-likeness (QED) is 0.825. The van der Waals surface area contributed by atoms with Crippen molar-refractivity contribution in [1.82, 2.24) is 10.3 Å². The molecule has 0 spiro atoms. The first-order valence-corrected chi connectivity index (χ1v) is 8.17. The Hall–Kier alpha value is -2.90. The largest absolute Gasteiger partial charge is 0.573 e. The Morgan fingerprint density at radius 2 is 1.93 bits per heavy atom. The van der Waals surface area contributed by atoms with Gasteiger partial charge in [-0.15, -0.1) is 13.2 Å². The average Bonchev–Trinajstić information content (AvgIpc) is 2.52. The zero-order valence-corrected chi connectivity index (χ0v) is 15.1. The van der Waals surface area contributed by atoms with Gasteiger partial charge in [0.05, 0.1) is 6.04 Å². The highest BCUT2D eigenvalue weighted by Gasteiger charge is 2.31. The van der Waals surface area contributed by atoms with Gasteiger partial charge in [0.15, 0.2) is 0 Å². The van der Waals surface area contributed by atoms with Crippen LogP contribution in [-0.2, 0) is 11.2 Å². The van der Waals surface area contributed by atoms with E-state index in [1.54, 1.807) is 26.0 Å². The fourth-order valence-electron chi connectivity index (χ4n) is 2.56. The summed E-state index contributed by atoms with van der Waals surface area (Å²) in [5.41, 5.74) is 1.86. The molecule has 0 bridgehead atoms. The highest BCUT2D eigenvalue weighted by molar-refractivity contribution is 5.94. The van der Waals surface area contributed by atoms with Crippen LogP contribution < -0.4 is 10.1 Å². The van der Waals surface area contributed by atoms with E-state index in [1.807, 2.05) is 0 Å². The van der Waals surface area contributed by atoms with E-state index in [0.717, 1.165) is 0 Å². The minimum atomic E-state index is -4.78. The number of carbonyl (C=O) groups excluding carboxylic acids is 2. The maximum absolute atomic E-state index is 12.5. The lowest BCUT2D eigenvalue weighted by molar-refractivity contribution is -0.274. The molecular formula is C19H19F3N2O3. The van der Waals surface area contributed by atoms with Gasteiger partial charge >= 0.3 is 6.36 Å². The summed E-state index contributed by atoms with van der Waals surface area (Å²) in [6.45, 7) is 4.79. The van der Waals surface area contributed by atoms with Crippen molar-refractivity contribution in [1.29, 1.82) is 0 Å². The van der Waals surface area contributed by atoms with Crippen LogP contribution in [0, 0.1) is 6.92 Å². The second kappa shape index (κ2) is 8.20. The number of hydrogen-bond donors (Lipinski definition) is 1. The van der Waals surface area contributed by atoms with Gasteiger partial charge in [0.1, 0.15) is 11.5 Å². The summed E-state index contributed by atoms with van der Waals surface area (Å²) in [4.78, 5) is 28.0. The first-order valence-electron chi connectivity index (χ1n) is 8.17. The third kappa shape index (κ3) is 6.40. The van der Waals surface area contributed by atoms with Crippen LogP contribution in [-0.4, -0.2) is 23.0 Å². The summed E-state index contributed by atoms with van der Waals surface area (Å²) in [7, 11) is 0. The number of amides is 1. The van der Waals surface area contributed by atoms with Gasteiger partial charge in [-0.25, -0.2) is 0 Å². The molecule has 1 aromatic heterocycles. The number of benzene rings is 1. The fourth-order valence-corrected chi connectivity index (χ4v) is 2.56. The lowest BCUT2D eigenvalue weighted by Gasteiger charge is -2.16. The van der Waals surface area contributed by atoms with Gasteiger partial charge in [0, 0.05) is 23.4 Å². The number of alkyl halides is 3. The van der Waals surface area contributed by atoms with E-state index >= 15 is 0 Å². The van der Waals surface area contributed by atoms with E-state index in [0.29, 0.717) is 22.5 Å². The molecule has 0 aliphatic rings. The van der Waals surface area contributed by atoms with Crippen LogP contribution in [0.25, 0.3) is 0 Å². The second-order valence-electron chi connectivity index (χ2n) is 6.18. The molecule has 0 saturated heterocycles. The summed E-state index contributed by atoms with van der Waals surface area (Å²) in [6, 6.07) is 7.96. The van der Waals surface area contributed by atoms with Gasteiger partial charge < -0.3 is 10.1 Å². The molecule has 2 aromatic rings. The Morgan fingerprint density at radius 1 is 1.22 bits per heavy atom. The molecule has 1 unspecified atom stereocenters. The van der Waals surface area contributed by atoms with Crippen LogP contribution in [0.1, 0.15) is 47.2 Å². The van der Waals surface area contributed by atoms with E-state index in [4.69, 9.17) is 0 Å². The van der Waals surface area contributed by atoms with Crippen LogP contribution in [0.4, 0.5) is 13.2 Å². The molecular weight excluding hydrogens is 361 g/mol. The highest BCUT2D eigenvalue weighted by Crippen LogP contribution is 2.25. The summed E-state index contributed by atoms with van der Waals surface area (Å²) < 4.78 is 40.9. The number of carbonyl (C=O) groups is 2. The van der Waals surface area contributed by atoms with Gasteiger partial charge in [0.25, 0.3) is 5.91 Å². The Balaban J connectivity index is 2.15. The first kappa shape index (κ1) is 20.4. The predicted octanol–water partition coefficient (Wildman–Crippen LogP) is 3.91. The molecule has 5 nitrogen and oxygen atoms in total. The summed E-state index contributed by atoms with van der Waals surface area (Å²) >= 11 is 0. The smallest absolute Gasteiger partial charge is 0.406 e. The molecule has 0 aliphatic carbocycles. The Labute approximate surface area is 154 Å². The molecule has 0 fully saturated rings. The van der Waals surface area contributed by atoms with E-state index in [9.17, 15) is 22.8 Å². The molecule has 1 N–H and O–H groups in total. The number of hydrogen-bond acceptors (Lipinski definition) is 4. The zero-order valence-electron chi connectivity index (χ0n) is 15.1. The van der Waals surface area contributed by atoms with Crippen LogP contribution >= 0.6 is 0 Å². The Kier molecular flexibility index (Phi) is 6.20. The first-order chi connectivity index (χ1) is 12.5. The average molecular weight is 380 g/mol. The van der Waals surface area contributed by atoms with Crippen LogP contribution in [0.15, 0.2) is 36.4 Å². The monoisotopic (exact) mass is 380 g/mol.